The van der Waals surface area contributed by atoms with Gasteiger partial charge >= 0.3 is 0 Å². The van der Waals surface area contributed by atoms with Crippen LogP contribution in [0.15, 0.2) is 18.3 Å². The first-order valence-corrected chi connectivity index (χ1v) is 6.32. The van der Waals surface area contributed by atoms with Crippen LogP contribution < -0.4 is 0 Å². The van der Waals surface area contributed by atoms with Crippen LogP contribution in [0.1, 0.15) is 36.8 Å². The zero-order valence-corrected chi connectivity index (χ0v) is 11.3. The van der Waals surface area contributed by atoms with Crippen molar-refractivity contribution in [2.45, 2.75) is 26.2 Å². The maximum atomic E-state index is 12.2. The molecule has 1 saturated heterocycles. The van der Waals surface area contributed by atoms with Crippen molar-refractivity contribution in [2.24, 2.45) is 0 Å². The van der Waals surface area contributed by atoms with Crippen molar-refractivity contribution in [2.75, 3.05) is 26.3 Å². The average molecular weight is 248 g/mol. The Kier molecular flexibility index (Phi) is 3.66. The number of amides is 1. The lowest BCUT2D eigenvalue weighted by atomic mass is 9.88. The number of ether oxygens (including phenoxy) is 1. The van der Waals surface area contributed by atoms with E-state index >= 15 is 0 Å². The number of carbonyl (C=O) groups is 1. The quantitative estimate of drug-likeness (QED) is 0.761. The zero-order valence-electron chi connectivity index (χ0n) is 11.3. The Morgan fingerprint density at radius 2 is 1.94 bits per heavy atom. The van der Waals surface area contributed by atoms with Gasteiger partial charge in [0, 0.05) is 19.3 Å². The molecule has 98 valence electrons. The summed E-state index contributed by atoms with van der Waals surface area (Å²) >= 11 is 0. The van der Waals surface area contributed by atoms with Crippen LogP contribution in [0.5, 0.6) is 0 Å². The molecule has 1 fully saturated rings. The maximum Gasteiger partial charge on any atom is 0.272 e. The minimum Gasteiger partial charge on any atom is -0.378 e. The molecule has 0 aliphatic carbocycles. The van der Waals surface area contributed by atoms with E-state index in [-0.39, 0.29) is 11.3 Å². The van der Waals surface area contributed by atoms with Crippen LogP contribution in [0.3, 0.4) is 0 Å². The molecular weight excluding hydrogens is 228 g/mol. The number of hydrogen-bond acceptors (Lipinski definition) is 3. The molecule has 18 heavy (non-hydrogen) atoms. The second-order valence-electron chi connectivity index (χ2n) is 5.59. The number of carbonyl (C=O) groups excluding carboxylic acids is 1. The monoisotopic (exact) mass is 248 g/mol. The molecule has 0 bridgehead atoms. The molecule has 1 aromatic heterocycles. The van der Waals surface area contributed by atoms with Crippen molar-refractivity contribution in [3.63, 3.8) is 0 Å². The van der Waals surface area contributed by atoms with Crippen molar-refractivity contribution in [1.82, 2.24) is 9.88 Å². The molecule has 0 atom stereocenters. The lowest BCUT2D eigenvalue weighted by Gasteiger charge is -2.26. The topological polar surface area (TPSA) is 42.4 Å². The SMILES string of the molecule is CC(C)(C)c1ccc(C(=O)N2CCOCC2)nc1. The Balaban J connectivity index is 2.11. The highest BCUT2D eigenvalue weighted by molar-refractivity contribution is 5.92. The van der Waals surface area contributed by atoms with Crippen LogP contribution in [0.2, 0.25) is 0 Å². The molecule has 1 aliphatic rings. The van der Waals surface area contributed by atoms with Gasteiger partial charge in [-0.25, -0.2) is 0 Å². The van der Waals surface area contributed by atoms with Gasteiger partial charge in [0.2, 0.25) is 0 Å². The molecule has 0 aromatic carbocycles. The molecule has 0 unspecified atom stereocenters. The van der Waals surface area contributed by atoms with Crippen LogP contribution in [-0.2, 0) is 10.2 Å². The molecule has 2 rings (SSSR count). The van der Waals surface area contributed by atoms with Gasteiger partial charge in [-0.3, -0.25) is 9.78 Å². The number of rotatable bonds is 1. The van der Waals surface area contributed by atoms with Gasteiger partial charge in [-0.05, 0) is 17.0 Å². The van der Waals surface area contributed by atoms with Gasteiger partial charge in [-0.15, -0.1) is 0 Å². The van der Waals surface area contributed by atoms with E-state index in [1.165, 1.54) is 0 Å². The molecule has 0 N–H and O–H groups in total. The molecule has 4 heteroatoms. The number of nitrogens with zero attached hydrogens (tertiary/aromatic N) is 2. The number of morpholine rings is 1. The Morgan fingerprint density at radius 1 is 1.28 bits per heavy atom. The summed E-state index contributed by atoms with van der Waals surface area (Å²) in [6, 6.07) is 3.80. The van der Waals surface area contributed by atoms with Crippen LogP contribution >= 0.6 is 0 Å². The van der Waals surface area contributed by atoms with E-state index in [9.17, 15) is 4.79 Å². The summed E-state index contributed by atoms with van der Waals surface area (Å²) < 4.78 is 5.24. The van der Waals surface area contributed by atoms with Crippen molar-refractivity contribution in [1.29, 1.82) is 0 Å². The highest BCUT2D eigenvalue weighted by atomic mass is 16.5. The summed E-state index contributed by atoms with van der Waals surface area (Å²) in [5.41, 5.74) is 1.72. The fourth-order valence-corrected chi connectivity index (χ4v) is 1.89. The smallest absolute Gasteiger partial charge is 0.272 e. The number of hydrogen-bond donors (Lipinski definition) is 0. The van der Waals surface area contributed by atoms with Crippen molar-refractivity contribution in [3.8, 4) is 0 Å². The van der Waals surface area contributed by atoms with Crippen LogP contribution in [0.25, 0.3) is 0 Å². The van der Waals surface area contributed by atoms with Gasteiger partial charge in [0.1, 0.15) is 5.69 Å². The van der Waals surface area contributed by atoms with E-state index < -0.39 is 0 Å². The summed E-state index contributed by atoms with van der Waals surface area (Å²) in [6.45, 7) is 8.94. The van der Waals surface area contributed by atoms with Crippen LogP contribution in [0, 0.1) is 0 Å². The molecule has 0 spiro atoms. The molecule has 1 aliphatic heterocycles. The summed E-state index contributed by atoms with van der Waals surface area (Å²) in [7, 11) is 0. The predicted octanol–water partition coefficient (Wildman–Crippen LogP) is 1.85. The van der Waals surface area contributed by atoms with E-state index in [4.69, 9.17) is 4.74 Å². The Bertz CT molecular complexity index is 414. The molecule has 2 heterocycles. The predicted molar refractivity (Wildman–Crippen MR) is 69.7 cm³/mol. The zero-order chi connectivity index (χ0) is 13.2. The third-order valence-corrected chi connectivity index (χ3v) is 3.15. The van der Waals surface area contributed by atoms with E-state index in [1.807, 2.05) is 12.1 Å². The van der Waals surface area contributed by atoms with E-state index in [1.54, 1.807) is 11.1 Å². The minimum atomic E-state index is -0.00115. The molecule has 1 aromatic rings. The third kappa shape index (κ3) is 2.88. The summed E-state index contributed by atoms with van der Waals surface area (Å²) in [6.07, 6.45) is 1.80. The first kappa shape index (κ1) is 13.0. The second-order valence-corrected chi connectivity index (χ2v) is 5.59. The molecule has 4 nitrogen and oxygen atoms in total. The van der Waals surface area contributed by atoms with Crippen molar-refractivity contribution >= 4 is 5.91 Å². The lowest BCUT2D eigenvalue weighted by molar-refractivity contribution is 0.0299. The molecule has 1 amide bonds. The minimum absolute atomic E-state index is 0.00115. The molecule has 0 saturated carbocycles. The highest BCUT2D eigenvalue weighted by Crippen LogP contribution is 2.21. The van der Waals surface area contributed by atoms with E-state index in [2.05, 4.69) is 25.8 Å². The number of aromatic nitrogens is 1. The second kappa shape index (κ2) is 5.06. The van der Waals surface area contributed by atoms with Gasteiger partial charge < -0.3 is 9.64 Å². The van der Waals surface area contributed by atoms with Gasteiger partial charge in [0.05, 0.1) is 13.2 Å². The first-order valence-electron chi connectivity index (χ1n) is 6.32. The van der Waals surface area contributed by atoms with Crippen LogP contribution in [-0.4, -0.2) is 42.1 Å². The highest BCUT2D eigenvalue weighted by Gasteiger charge is 2.20. The fraction of sp³-hybridized carbons (Fsp3) is 0.571. The van der Waals surface area contributed by atoms with Gasteiger partial charge in [-0.2, -0.15) is 0 Å². The third-order valence-electron chi connectivity index (χ3n) is 3.15. The molecular formula is C14H20N2O2. The summed E-state index contributed by atoms with van der Waals surface area (Å²) in [5, 5.41) is 0. The van der Waals surface area contributed by atoms with Crippen molar-refractivity contribution in [3.05, 3.63) is 29.6 Å². The van der Waals surface area contributed by atoms with Gasteiger partial charge in [0.25, 0.3) is 5.91 Å². The van der Waals surface area contributed by atoms with Crippen LogP contribution in [0.4, 0.5) is 0 Å². The standard InChI is InChI=1S/C14H20N2O2/c1-14(2,3)11-4-5-12(15-10-11)13(17)16-6-8-18-9-7-16/h4-5,10H,6-9H2,1-3H3. The van der Waals surface area contributed by atoms with E-state index in [0.29, 0.717) is 32.0 Å². The summed E-state index contributed by atoms with van der Waals surface area (Å²) in [4.78, 5) is 18.3. The number of pyridine rings is 1. The normalized spacial score (nSPS) is 16.7. The average Bonchev–Trinajstić information content (AvgIpc) is 2.38. The summed E-state index contributed by atoms with van der Waals surface area (Å²) in [5.74, 6) is -0.00115. The largest absolute Gasteiger partial charge is 0.378 e. The maximum absolute atomic E-state index is 12.2. The van der Waals surface area contributed by atoms with Gasteiger partial charge in [-0.1, -0.05) is 26.8 Å². The lowest BCUT2D eigenvalue weighted by Crippen LogP contribution is -2.41. The fourth-order valence-electron chi connectivity index (χ4n) is 1.89. The van der Waals surface area contributed by atoms with E-state index in [0.717, 1.165) is 5.56 Å². The van der Waals surface area contributed by atoms with Gasteiger partial charge in [0.15, 0.2) is 0 Å². The Morgan fingerprint density at radius 3 is 2.44 bits per heavy atom. The molecule has 0 radical (unpaired) electrons. The Labute approximate surface area is 108 Å². The first-order chi connectivity index (χ1) is 8.48. The van der Waals surface area contributed by atoms with Crippen molar-refractivity contribution < 1.29 is 9.53 Å². The Hall–Kier alpha value is -1.42.